The van der Waals surface area contributed by atoms with Gasteiger partial charge in [-0.1, -0.05) is 20.3 Å². The molecule has 0 radical (unpaired) electrons. The first kappa shape index (κ1) is 10.8. The number of methoxy groups -OCH3 is 1. The molecule has 0 amide bonds. The molecule has 0 N–H and O–H groups in total. The molecule has 0 saturated carbocycles. The number of carbonyl (C=O) groups is 1. The average molecular weight is 171 g/mol. The summed E-state index contributed by atoms with van der Waals surface area (Å²) in [6, 6.07) is -0.697. The number of aliphatic imine (C=N–C) groups is 1. The van der Waals surface area contributed by atoms with E-state index in [2.05, 4.69) is 9.73 Å². The second-order valence-corrected chi connectivity index (χ2v) is 2.57. The third-order valence-electron chi connectivity index (χ3n) is 1.82. The lowest BCUT2D eigenvalue weighted by Gasteiger charge is -2.13. The number of rotatable bonds is 4. The summed E-state index contributed by atoms with van der Waals surface area (Å²) < 4.78 is 4.48. The Morgan fingerprint density at radius 1 is 1.67 bits per heavy atom. The molecule has 1 unspecified atom stereocenters. The Morgan fingerprint density at radius 3 is 2.58 bits per heavy atom. The van der Waals surface area contributed by atoms with Crippen molar-refractivity contribution in [1.29, 1.82) is 0 Å². The van der Waals surface area contributed by atoms with Crippen LogP contribution >= 0.6 is 0 Å². The van der Waals surface area contributed by atoms with Crippen LogP contribution in [0.15, 0.2) is 4.99 Å². The zero-order valence-corrected chi connectivity index (χ0v) is 7.53. The Labute approximate surface area is 71.6 Å². The Balaban J connectivity index is 4.42. The molecule has 12 heavy (non-hydrogen) atoms. The second kappa shape index (κ2) is 5.49. The molecule has 0 aliphatic rings. The van der Waals surface area contributed by atoms with Crippen molar-refractivity contribution in [3.8, 4) is 0 Å². The van der Waals surface area contributed by atoms with Crippen LogP contribution in [0.1, 0.15) is 20.3 Å². The highest BCUT2D eigenvalue weighted by Crippen LogP contribution is 2.11. The lowest BCUT2D eigenvalue weighted by molar-refractivity contribution is -0.143. The standard InChI is InChI=1S/C8H13NO3/c1-4-6(2)7(9-5-10)8(11)12-3/h6-7H,4H2,1-3H3/t6-,7?/m0/s1. The van der Waals surface area contributed by atoms with Crippen LogP contribution < -0.4 is 0 Å². The smallest absolute Gasteiger partial charge is 0.331 e. The van der Waals surface area contributed by atoms with Gasteiger partial charge in [-0.15, -0.1) is 0 Å². The average Bonchev–Trinajstić information content (AvgIpc) is 2.11. The number of carbonyl (C=O) groups excluding carboxylic acids is 2. The molecule has 0 aliphatic carbocycles. The Bertz CT molecular complexity index is 196. The van der Waals surface area contributed by atoms with E-state index in [4.69, 9.17) is 0 Å². The normalized spacial score (nSPS) is 14.2. The van der Waals surface area contributed by atoms with Crippen molar-refractivity contribution in [2.24, 2.45) is 10.9 Å². The molecule has 4 nitrogen and oxygen atoms in total. The Hall–Kier alpha value is -1.15. The predicted molar refractivity (Wildman–Crippen MR) is 43.4 cm³/mol. The lowest BCUT2D eigenvalue weighted by Crippen LogP contribution is -2.26. The fraction of sp³-hybridized carbons (Fsp3) is 0.750. The van der Waals surface area contributed by atoms with Gasteiger partial charge in [0.05, 0.1) is 7.11 Å². The highest BCUT2D eigenvalue weighted by Gasteiger charge is 2.23. The fourth-order valence-electron chi connectivity index (χ4n) is 0.813. The molecular formula is C8H13NO3. The molecule has 0 aromatic heterocycles. The molecule has 68 valence electrons. The van der Waals surface area contributed by atoms with Crippen LogP contribution in [0.4, 0.5) is 0 Å². The maximum Gasteiger partial charge on any atom is 0.331 e. The van der Waals surface area contributed by atoms with Crippen LogP contribution in [0.2, 0.25) is 0 Å². The SMILES string of the molecule is CC[C@H](C)C(N=C=O)C(=O)OC. The minimum atomic E-state index is -0.697. The molecule has 0 saturated heterocycles. The van der Waals surface area contributed by atoms with Gasteiger partial charge in [-0.05, 0) is 5.92 Å². The Kier molecular flexibility index (Phi) is 4.97. The molecule has 0 aliphatic heterocycles. The van der Waals surface area contributed by atoms with E-state index < -0.39 is 12.0 Å². The van der Waals surface area contributed by atoms with Gasteiger partial charge < -0.3 is 4.74 Å². The molecule has 4 heteroatoms. The van der Waals surface area contributed by atoms with E-state index in [1.54, 1.807) is 0 Å². The highest BCUT2D eigenvalue weighted by molar-refractivity contribution is 5.77. The first-order valence-corrected chi connectivity index (χ1v) is 3.82. The zero-order valence-electron chi connectivity index (χ0n) is 7.53. The number of nitrogens with zero attached hydrogens (tertiary/aromatic N) is 1. The van der Waals surface area contributed by atoms with Crippen LogP contribution in [-0.2, 0) is 14.3 Å². The Morgan fingerprint density at radius 2 is 2.25 bits per heavy atom. The van der Waals surface area contributed by atoms with Crippen LogP contribution in [0, 0.1) is 5.92 Å². The number of hydrogen-bond donors (Lipinski definition) is 0. The molecular weight excluding hydrogens is 158 g/mol. The number of hydrogen-bond acceptors (Lipinski definition) is 4. The zero-order chi connectivity index (χ0) is 9.56. The minimum Gasteiger partial charge on any atom is -0.467 e. The van der Waals surface area contributed by atoms with Gasteiger partial charge in [-0.25, -0.2) is 9.59 Å². The highest BCUT2D eigenvalue weighted by atomic mass is 16.5. The second-order valence-electron chi connectivity index (χ2n) is 2.57. The van der Waals surface area contributed by atoms with Crippen molar-refractivity contribution in [1.82, 2.24) is 0 Å². The maximum atomic E-state index is 11.0. The third-order valence-corrected chi connectivity index (χ3v) is 1.82. The van der Waals surface area contributed by atoms with E-state index in [0.717, 1.165) is 6.42 Å². The minimum absolute atomic E-state index is 0.0129. The van der Waals surface area contributed by atoms with Gasteiger partial charge in [0.2, 0.25) is 6.08 Å². The van der Waals surface area contributed by atoms with Gasteiger partial charge in [0.15, 0.2) is 6.04 Å². The van der Waals surface area contributed by atoms with Gasteiger partial charge >= 0.3 is 5.97 Å². The molecule has 0 bridgehead atoms. The van der Waals surface area contributed by atoms with Gasteiger partial charge in [0.1, 0.15) is 0 Å². The summed E-state index contributed by atoms with van der Waals surface area (Å²) in [5.74, 6) is -0.466. The summed E-state index contributed by atoms with van der Waals surface area (Å²) in [6.45, 7) is 3.75. The quantitative estimate of drug-likeness (QED) is 0.359. The fourth-order valence-corrected chi connectivity index (χ4v) is 0.813. The van der Waals surface area contributed by atoms with Crippen LogP contribution in [0.5, 0.6) is 0 Å². The van der Waals surface area contributed by atoms with Crippen molar-refractivity contribution in [2.75, 3.05) is 7.11 Å². The summed E-state index contributed by atoms with van der Waals surface area (Å²) in [4.78, 5) is 24.3. The molecule has 0 fully saturated rings. The molecule has 0 aromatic rings. The van der Waals surface area contributed by atoms with Gasteiger partial charge in [0, 0.05) is 0 Å². The molecule has 0 spiro atoms. The molecule has 0 heterocycles. The molecule has 2 atom stereocenters. The lowest BCUT2D eigenvalue weighted by atomic mass is 10.0. The van der Waals surface area contributed by atoms with E-state index in [-0.39, 0.29) is 5.92 Å². The van der Waals surface area contributed by atoms with Gasteiger partial charge in [-0.2, -0.15) is 4.99 Å². The van der Waals surface area contributed by atoms with E-state index in [1.807, 2.05) is 13.8 Å². The first-order chi connectivity index (χ1) is 5.67. The third kappa shape index (κ3) is 2.84. The van der Waals surface area contributed by atoms with Gasteiger partial charge in [0.25, 0.3) is 0 Å². The largest absolute Gasteiger partial charge is 0.467 e. The topological polar surface area (TPSA) is 55.7 Å². The summed E-state index contributed by atoms with van der Waals surface area (Å²) in [5, 5.41) is 0. The summed E-state index contributed by atoms with van der Waals surface area (Å²) in [7, 11) is 1.28. The first-order valence-electron chi connectivity index (χ1n) is 3.82. The molecule has 0 rings (SSSR count). The predicted octanol–water partition coefficient (Wildman–Crippen LogP) is 0.910. The van der Waals surface area contributed by atoms with Crippen LogP contribution in [0.3, 0.4) is 0 Å². The van der Waals surface area contributed by atoms with E-state index in [1.165, 1.54) is 13.2 Å². The summed E-state index contributed by atoms with van der Waals surface area (Å²) >= 11 is 0. The van der Waals surface area contributed by atoms with E-state index in [9.17, 15) is 9.59 Å². The number of isocyanates is 1. The van der Waals surface area contributed by atoms with Crippen LogP contribution in [-0.4, -0.2) is 25.2 Å². The van der Waals surface area contributed by atoms with E-state index >= 15 is 0 Å². The van der Waals surface area contributed by atoms with Gasteiger partial charge in [-0.3, -0.25) is 0 Å². The summed E-state index contributed by atoms with van der Waals surface area (Å²) in [6.07, 6.45) is 2.14. The summed E-state index contributed by atoms with van der Waals surface area (Å²) in [5.41, 5.74) is 0. The van der Waals surface area contributed by atoms with Crippen molar-refractivity contribution in [2.45, 2.75) is 26.3 Å². The number of ether oxygens (including phenoxy) is 1. The van der Waals surface area contributed by atoms with Crippen molar-refractivity contribution >= 4 is 12.0 Å². The van der Waals surface area contributed by atoms with Crippen molar-refractivity contribution < 1.29 is 14.3 Å². The van der Waals surface area contributed by atoms with E-state index in [0.29, 0.717) is 0 Å². The molecule has 0 aromatic carbocycles. The number of esters is 1. The maximum absolute atomic E-state index is 11.0. The van der Waals surface area contributed by atoms with Crippen molar-refractivity contribution in [3.63, 3.8) is 0 Å². The van der Waals surface area contributed by atoms with Crippen molar-refractivity contribution in [3.05, 3.63) is 0 Å². The monoisotopic (exact) mass is 171 g/mol. The van der Waals surface area contributed by atoms with Crippen LogP contribution in [0.25, 0.3) is 0 Å².